The highest BCUT2D eigenvalue weighted by atomic mass is 28.3. The van der Waals surface area contributed by atoms with Crippen LogP contribution < -0.4 is 0 Å². The minimum absolute atomic E-state index is 1.12. The van der Waals surface area contributed by atoms with E-state index in [0.717, 1.165) is 6.04 Å². The molecule has 1 nitrogen and oxygen atoms in total. The number of rotatable bonds is 9. The molecule has 0 aromatic carbocycles. The van der Waals surface area contributed by atoms with Crippen LogP contribution in [0.4, 0.5) is 0 Å². The molecule has 1 atom stereocenters. The average Bonchev–Trinajstić information content (AvgIpc) is 2.09. The Balaban J connectivity index is 2.84. The summed E-state index contributed by atoms with van der Waals surface area (Å²) in [5.74, 6) is 0. The van der Waals surface area contributed by atoms with Gasteiger partial charge in [0.05, 0.1) is 0 Å². The second-order valence-electron chi connectivity index (χ2n) is 4.11. The third-order valence-electron chi connectivity index (χ3n) is 2.48. The van der Waals surface area contributed by atoms with E-state index in [0.29, 0.717) is 0 Å². The first-order valence-electron chi connectivity index (χ1n) is 5.95. The van der Waals surface area contributed by atoms with Gasteiger partial charge in [0.15, 0.2) is 9.04 Å². The molecule has 13 heavy (non-hydrogen) atoms. The molecule has 1 N–H and O–H groups in total. The van der Waals surface area contributed by atoms with Crippen LogP contribution >= 0.6 is 0 Å². The fourth-order valence-corrected chi connectivity index (χ4v) is 2.45. The Morgan fingerprint density at radius 1 is 0.846 bits per heavy atom. The molecule has 0 aliphatic heterocycles. The molecule has 80 valence electrons. The fraction of sp³-hybridized carbons (Fsp3) is 1.00. The van der Waals surface area contributed by atoms with Crippen molar-refractivity contribution >= 4 is 9.04 Å². The molecule has 0 bridgehead atoms. The van der Waals surface area contributed by atoms with E-state index in [1.54, 1.807) is 0 Å². The topological polar surface area (TPSA) is 20.2 Å². The van der Waals surface area contributed by atoms with E-state index in [9.17, 15) is 0 Å². The van der Waals surface area contributed by atoms with Gasteiger partial charge in [-0.05, 0) is 12.6 Å². The van der Waals surface area contributed by atoms with Crippen molar-refractivity contribution < 1.29 is 4.80 Å². The van der Waals surface area contributed by atoms with Crippen molar-refractivity contribution in [3.05, 3.63) is 0 Å². The zero-order valence-electron chi connectivity index (χ0n) is 9.39. The Morgan fingerprint density at radius 3 is 1.77 bits per heavy atom. The van der Waals surface area contributed by atoms with Crippen LogP contribution in [0.3, 0.4) is 0 Å². The molecule has 0 aliphatic rings. The van der Waals surface area contributed by atoms with Crippen molar-refractivity contribution in [2.24, 2.45) is 0 Å². The summed E-state index contributed by atoms with van der Waals surface area (Å²) in [5.41, 5.74) is 0. The molecular weight excluding hydrogens is 176 g/mol. The van der Waals surface area contributed by atoms with Crippen molar-refractivity contribution in [1.29, 1.82) is 0 Å². The first kappa shape index (κ1) is 13.2. The SMILES string of the molecule is CCCCCCCCCC[SiH](C)O. The molecule has 2 heteroatoms. The normalized spacial score (nSPS) is 13.2. The summed E-state index contributed by atoms with van der Waals surface area (Å²) >= 11 is 0. The fourth-order valence-electron chi connectivity index (χ4n) is 1.57. The minimum Gasteiger partial charge on any atom is -0.435 e. The van der Waals surface area contributed by atoms with Crippen LogP contribution in [0.5, 0.6) is 0 Å². The van der Waals surface area contributed by atoms with E-state index in [4.69, 9.17) is 4.80 Å². The largest absolute Gasteiger partial charge is 0.435 e. The lowest BCUT2D eigenvalue weighted by molar-refractivity contribution is 0.555. The van der Waals surface area contributed by atoms with E-state index >= 15 is 0 Å². The van der Waals surface area contributed by atoms with Crippen molar-refractivity contribution in [2.45, 2.75) is 70.9 Å². The third-order valence-corrected chi connectivity index (χ3v) is 3.72. The summed E-state index contributed by atoms with van der Waals surface area (Å²) in [6.07, 6.45) is 11.0. The van der Waals surface area contributed by atoms with Crippen molar-refractivity contribution in [3.8, 4) is 0 Å². The molecule has 0 saturated carbocycles. The van der Waals surface area contributed by atoms with Crippen LogP contribution in [-0.2, 0) is 0 Å². The first-order chi connectivity index (χ1) is 6.27. The van der Waals surface area contributed by atoms with Crippen LogP contribution in [0.25, 0.3) is 0 Å². The summed E-state index contributed by atoms with van der Waals surface area (Å²) in [4.78, 5) is 9.16. The van der Waals surface area contributed by atoms with Crippen LogP contribution in [-0.4, -0.2) is 13.8 Å². The summed E-state index contributed by atoms with van der Waals surface area (Å²) < 4.78 is 0. The predicted molar refractivity (Wildman–Crippen MR) is 62.6 cm³/mol. The Morgan fingerprint density at radius 2 is 1.31 bits per heavy atom. The van der Waals surface area contributed by atoms with Gasteiger partial charge in [-0.2, -0.15) is 0 Å². The average molecular weight is 202 g/mol. The van der Waals surface area contributed by atoms with Gasteiger partial charge in [-0.1, -0.05) is 58.3 Å². The lowest BCUT2D eigenvalue weighted by Gasteiger charge is -2.02. The quantitative estimate of drug-likeness (QED) is 0.448. The van der Waals surface area contributed by atoms with Crippen molar-refractivity contribution in [1.82, 2.24) is 0 Å². The summed E-state index contributed by atoms with van der Waals surface area (Å²) in [6, 6.07) is 1.12. The predicted octanol–water partition coefficient (Wildman–Crippen LogP) is 3.47. The van der Waals surface area contributed by atoms with Gasteiger partial charge in [0, 0.05) is 0 Å². The Kier molecular flexibility index (Phi) is 10.4. The maximum absolute atomic E-state index is 9.16. The summed E-state index contributed by atoms with van der Waals surface area (Å²) in [5, 5.41) is 0. The van der Waals surface area contributed by atoms with E-state index in [-0.39, 0.29) is 0 Å². The Hall–Kier alpha value is 0.177. The van der Waals surface area contributed by atoms with Gasteiger partial charge in [0.1, 0.15) is 0 Å². The maximum Gasteiger partial charge on any atom is 0.169 e. The van der Waals surface area contributed by atoms with Crippen LogP contribution in [0, 0.1) is 0 Å². The zero-order chi connectivity index (χ0) is 9.94. The monoisotopic (exact) mass is 202 g/mol. The minimum atomic E-state index is -1.24. The van der Waals surface area contributed by atoms with Crippen LogP contribution in [0.15, 0.2) is 0 Å². The van der Waals surface area contributed by atoms with Gasteiger partial charge in [-0.3, -0.25) is 0 Å². The molecule has 0 aliphatic carbocycles. The van der Waals surface area contributed by atoms with Gasteiger partial charge < -0.3 is 4.80 Å². The van der Waals surface area contributed by atoms with Gasteiger partial charge in [0.25, 0.3) is 0 Å². The molecule has 0 spiro atoms. The molecule has 0 saturated heterocycles. The maximum atomic E-state index is 9.16. The van der Waals surface area contributed by atoms with E-state index in [2.05, 4.69) is 6.92 Å². The van der Waals surface area contributed by atoms with Crippen molar-refractivity contribution in [3.63, 3.8) is 0 Å². The molecule has 0 amide bonds. The summed E-state index contributed by atoms with van der Waals surface area (Å²) in [7, 11) is -1.24. The molecule has 0 radical (unpaired) electrons. The molecule has 0 aromatic rings. The lowest BCUT2D eigenvalue weighted by Crippen LogP contribution is -2.03. The smallest absolute Gasteiger partial charge is 0.169 e. The lowest BCUT2D eigenvalue weighted by atomic mass is 10.1. The van der Waals surface area contributed by atoms with Crippen molar-refractivity contribution in [2.75, 3.05) is 0 Å². The molecule has 0 rings (SSSR count). The molecule has 1 unspecified atom stereocenters. The van der Waals surface area contributed by atoms with Crippen LogP contribution in [0.1, 0.15) is 58.3 Å². The Labute approximate surface area is 85.3 Å². The molecule has 0 fully saturated rings. The van der Waals surface area contributed by atoms with Crippen LogP contribution in [0.2, 0.25) is 12.6 Å². The second-order valence-corrected chi connectivity index (χ2v) is 6.39. The van der Waals surface area contributed by atoms with E-state index in [1.807, 2.05) is 6.55 Å². The summed E-state index contributed by atoms with van der Waals surface area (Å²) in [6.45, 7) is 4.27. The van der Waals surface area contributed by atoms with E-state index in [1.165, 1.54) is 51.4 Å². The number of hydrogen-bond acceptors (Lipinski definition) is 1. The standard InChI is InChI=1S/C11H26OSi/c1-3-4-5-6-7-8-9-10-11-13(2)12/h12-13H,3-11H2,1-2H3. The highest BCUT2D eigenvalue weighted by Gasteiger charge is 1.97. The second kappa shape index (κ2) is 10.3. The number of hydrogen-bond donors (Lipinski definition) is 1. The third kappa shape index (κ3) is 12.2. The van der Waals surface area contributed by atoms with E-state index < -0.39 is 9.04 Å². The van der Waals surface area contributed by atoms with Gasteiger partial charge in [-0.15, -0.1) is 0 Å². The molecule has 0 heterocycles. The zero-order valence-corrected chi connectivity index (χ0v) is 10.5. The number of unbranched alkanes of at least 4 members (excludes halogenated alkanes) is 7. The van der Waals surface area contributed by atoms with Gasteiger partial charge >= 0.3 is 0 Å². The Bertz CT molecular complexity index is 94.1. The molecular formula is C11H26OSi. The van der Waals surface area contributed by atoms with Gasteiger partial charge in [0.2, 0.25) is 0 Å². The highest BCUT2D eigenvalue weighted by molar-refractivity contribution is 6.48. The first-order valence-corrected chi connectivity index (χ1v) is 8.44. The highest BCUT2D eigenvalue weighted by Crippen LogP contribution is 2.10. The molecule has 0 aromatic heterocycles. The van der Waals surface area contributed by atoms with Gasteiger partial charge in [-0.25, -0.2) is 0 Å².